The summed E-state index contributed by atoms with van der Waals surface area (Å²) in [7, 11) is 0. The van der Waals surface area contributed by atoms with Gasteiger partial charge in [-0.15, -0.1) is 0 Å². The first kappa shape index (κ1) is 20.1. The number of carbonyl (C=O) groups is 3. The van der Waals surface area contributed by atoms with Crippen LogP contribution in [0.1, 0.15) is 57.9 Å². The Balaban J connectivity index is 1.54. The van der Waals surface area contributed by atoms with E-state index >= 15 is 0 Å². The second kappa shape index (κ2) is 8.19. The third kappa shape index (κ3) is 4.44. The number of ketones is 1. The second-order valence-electron chi connectivity index (χ2n) is 7.12. The molecule has 0 bridgehead atoms. The van der Waals surface area contributed by atoms with Gasteiger partial charge in [0.1, 0.15) is 6.04 Å². The molecule has 1 heterocycles. The van der Waals surface area contributed by atoms with Gasteiger partial charge in [-0.1, -0.05) is 11.6 Å². The van der Waals surface area contributed by atoms with Crippen LogP contribution in [-0.2, 0) is 9.53 Å². The van der Waals surface area contributed by atoms with Crippen molar-refractivity contribution in [3.8, 4) is 0 Å². The molecule has 0 aliphatic heterocycles. The number of carbonyl (C=O) groups excluding carboxylic acids is 3. The number of ether oxygens (including phenoxy) is 1. The summed E-state index contributed by atoms with van der Waals surface area (Å²) in [5.74, 6) is -1.32. The molecule has 1 aliphatic rings. The summed E-state index contributed by atoms with van der Waals surface area (Å²) in [6.45, 7) is 5.05. The fourth-order valence-corrected chi connectivity index (χ4v) is 3.36. The highest BCUT2D eigenvalue weighted by Gasteiger charge is 2.28. The lowest BCUT2D eigenvalue weighted by Gasteiger charge is -2.13. The van der Waals surface area contributed by atoms with Gasteiger partial charge in [-0.25, -0.2) is 4.79 Å². The number of benzene rings is 1. The monoisotopic (exact) mass is 402 g/mol. The summed E-state index contributed by atoms with van der Waals surface area (Å²) in [6.07, 6.45) is 2.26. The fourth-order valence-electron chi connectivity index (χ4n) is 3.23. The molecule has 0 radical (unpaired) electrons. The summed E-state index contributed by atoms with van der Waals surface area (Å²) in [5.41, 5.74) is 2.91. The molecular formula is C21H23ClN2O4. The minimum absolute atomic E-state index is 0.246. The third-order valence-corrected chi connectivity index (χ3v) is 5.10. The third-order valence-electron chi connectivity index (χ3n) is 4.85. The summed E-state index contributed by atoms with van der Waals surface area (Å²) in [4.78, 5) is 36.8. The zero-order chi connectivity index (χ0) is 20.4. The lowest BCUT2D eigenvalue weighted by atomic mass is 10.1. The maximum Gasteiger partial charge on any atom is 0.328 e. The Morgan fingerprint density at radius 1 is 1.21 bits per heavy atom. The van der Waals surface area contributed by atoms with Crippen molar-refractivity contribution in [2.24, 2.45) is 0 Å². The van der Waals surface area contributed by atoms with Gasteiger partial charge in [-0.3, -0.25) is 9.59 Å². The largest absolute Gasteiger partial charge is 0.456 e. The number of Topliss-reactive ketones (excluding diaryl/α,β-unsaturated/α-hetero) is 1. The van der Waals surface area contributed by atoms with Crippen molar-refractivity contribution >= 4 is 29.3 Å². The van der Waals surface area contributed by atoms with Crippen LogP contribution in [0.5, 0.6) is 0 Å². The molecule has 1 aromatic carbocycles. The molecule has 1 aromatic heterocycles. The lowest BCUT2D eigenvalue weighted by molar-refractivity contribution is -0.144. The van der Waals surface area contributed by atoms with Gasteiger partial charge in [-0.2, -0.15) is 0 Å². The molecule has 3 rings (SSSR count). The smallest absolute Gasteiger partial charge is 0.328 e. The van der Waals surface area contributed by atoms with Gasteiger partial charge in [0.05, 0.1) is 0 Å². The van der Waals surface area contributed by atoms with Gasteiger partial charge in [0.25, 0.3) is 5.91 Å². The van der Waals surface area contributed by atoms with Crippen LogP contribution in [-0.4, -0.2) is 34.9 Å². The first-order valence-electron chi connectivity index (χ1n) is 9.22. The maximum atomic E-state index is 12.5. The number of rotatable bonds is 7. The molecule has 6 nitrogen and oxygen atoms in total. The molecule has 1 saturated carbocycles. The molecule has 1 aliphatic carbocycles. The van der Waals surface area contributed by atoms with Crippen molar-refractivity contribution in [3.05, 3.63) is 57.9 Å². The minimum atomic E-state index is -0.880. The maximum absolute atomic E-state index is 12.5. The van der Waals surface area contributed by atoms with E-state index in [2.05, 4.69) is 9.88 Å². The Bertz CT molecular complexity index is 913. The Kier molecular flexibility index (Phi) is 5.89. The number of aromatic nitrogens is 1. The second-order valence-corrected chi connectivity index (χ2v) is 7.56. The first-order chi connectivity index (χ1) is 13.3. The van der Waals surface area contributed by atoms with Crippen molar-refractivity contribution in [3.63, 3.8) is 0 Å². The summed E-state index contributed by atoms with van der Waals surface area (Å²) < 4.78 is 7.29. The number of esters is 1. The Morgan fingerprint density at radius 2 is 1.86 bits per heavy atom. The van der Waals surface area contributed by atoms with Gasteiger partial charge in [0.2, 0.25) is 5.78 Å². The molecule has 2 aromatic rings. The van der Waals surface area contributed by atoms with Crippen LogP contribution in [0.15, 0.2) is 30.3 Å². The van der Waals surface area contributed by atoms with E-state index in [1.807, 2.05) is 19.9 Å². The van der Waals surface area contributed by atoms with E-state index in [1.165, 1.54) is 6.92 Å². The van der Waals surface area contributed by atoms with Crippen LogP contribution in [0.2, 0.25) is 5.02 Å². The van der Waals surface area contributed by atoms with Crippen LogP contribution >= 0.6 is 11.6 Å². The molecule has 1 atom stereocenters. The van der Waals surface area contributed by atoms with Crippen LogP contribution in [0.25, 0.3) is 0 Å². The number of hydrogen-bond donors (Lipinski definition) is 1. The average molecular weight is 403 g/mol. The Morgan fingerprint density at radius 3 is 2.46 bits per heavy atom. The van der Waals surface area contributed by atoms with Crippen molar-refractivity contribution < 1.29 is 19.1 Å². The van der Waals surface area contributed by atoms with Crippen molar-refractivity contribution in [1.29, 1.82) is 0 Å². The quantitative estimate of drug-likeness (QED) is 0.566. The molecule has 1 N–H and O–H groups in total. The molecular weight excluding hydrogens is 380 g/mol. The lowest BCUT2D eigenvalue weighted by Crippen LogP contribution is -2.40. The van der Waals surface area contributed by atoms with Crippen LogP contribution in [0.3, 0.4) is 0 Å². The van der Waals surface area contributed by atoms with Gasteiger partial charge in [0, 0.05) is 33.6 Å². The predicted molar refractivity (Wildman–Crippen MR) is 106 cm³/mol. The molecule has 7 heteroatoms. The summed E-state index contributed by atoms with van der Waals surface area (Å²) in [5, 5.41) is 3.07. The van der Waals surface area contributed by atoms with Crippen LogP contribution in [0.4, 0.5) is 0 Å². The number of nitrogens with zero attached hydrogens (tertiary/aromatic N) is 1. The first-order valence-corrected chi connectivity index (χ1v) is 9.60. The van der Waals surface area contributed by atoms with Crippen molar-refractivity contribution in [2.45, 2.75) is 45.7 Å². The SMILES string of the molecule is Cc1cc(C(=O)COC(=O)[C@H](C)NC(=O)c2ccc(Cl)cc2)c(C)n1C1CC1. The molecule has 0 saturated heterocycles. The molecule has 1 fully saturated rings. The van der Waals surface area contributed by atoms with E-state index in [1.54, 1.807) is 24.3 Å². The van der Waals surface area contributed by atoms with Crippen LogP contribution in [0, 0.1) is 13.8 Å². The van der Waals surface area contributed by atoms with E-state index in [9.17, 15) is 14.4 Å². The van der Waals surface area contributed by atoms with E-state index in [4.69, 9.17) is 16.3 Å². The van der Waals surface area contributed by atoms with E-state index in [0.717, 1.165) is 24.2 Å². The molecule has 148 valence electrons. The topological polar surface area (TPSA) is 77.4 Å². The van der Waals surface area contributed by atoms with Crippen molar-refractivity contribution in [2.75, 3.05) is 6.61 Å². The zero-order valence-electron chi connectivity index (χ0n) is 16.1. The normalized spacial score (nSPS) is 14.4. The zero-order valence-corrected chi connectivity index (χ0v) is 16.9. The van der Waals surface area contributed by atoms with E-state index in [0.29, 0.717) is 22.2 Å². The minimum Gasteiger partial charge on any atom is -0.456 e. The Labute approximate surface area is 168 Å². The number of hydrogen-bond acceptors (Lipinski definition) is 4. The van der Waals surface area contributed by atoms with Gasteiger partial charge >= 0.3 is 5.97 Å². The highest BCUT2D eigenvalue weighted by Crippen LogP contribution is 2.38. The fraction of sp³-hybridized carbons (Fsp3) is 0.381. The molecule has 1 amide bonds. The number of nitrogens with one attached hydrogen (secondary N) is 1. The van der Waals surface area contributed by atoms with Gasteiger partial charge in [-0.05, 0) is 63.9 Å². The van der Waals surface area contributed by atoms with Gasteiger partial charge < -0.3 is 14.6 Å². The van der Waals surface area contributed by atoms with Crippen LogP contribution < -0.4 is 5.32 Å². The standard InChI is InChI=1S/C21H23ClN2O4/c1-12-10-18(14(3)24(12)17-8-9-17)19(25)11-28-21(27)13(2)23-20(26)15-4-6-16(22)7-5-15/h4-7,10,13,17H,8-9,11H2,1-3H3,(H,23,26)/t13-/m0/s1. The molecule has 28 heavy (non-hydrogen) atoms. The molecule has 0 unspecified atom stereocenters. The summed E-state index contributed by atoms with van der Waals surface area (Å²) in [6, 6.07) is 7.76. The Hall–Kier alpha value is -2.60. The van der Waals surface area contributed by atoms with E-state index in [-0.39, 0.29) is 12.4 Å². The van der Waals surface area contributed by atoms with Gasteiger partial charge in [0.15, 0.2) is 6.61 Å². The van der Waals surface area contributed by atoms with E-state index < -0.39 is 17.9 Å². The highest BCUT2D eigenvalue weighted by molar-refractivity contribution is 6.30. The highest BCUT2D eigenvalue weighted by atomic mass is 35.5. The number of amides is 1. The molecule has 0 spiro atoms. The van der Waals surface area contributed by atoms with Crippen molar-refractivity contribution in [1.82, 2.24) is 9.88 Å². The number of halogens is 1. The summed E-state index contributed by atoms with van der Waals surface area (Å²) >= 11 is 5.80. The number of aryl methyl sites for hydroxylation is 1. The predicted octanol–water partition coefficient (Wildman–Crippen LogP) is 3.64. The average Bonchev–Trinajstić information content (AvgIpc) is 3.44.